The minimum Gasteiger partial charge on any atom is -0.385 e. The molecule has 1 aliphatic carbocycles. The molecule has 4 heteroatoms. The van der Waals surface area contributed by atoms with Gasteiger partial charge in [0.1, 0.15) is 0 Å². The quantitative estimate of drug-likeness (QED) is 0.489. The van der Waals surface area contributed by atoms with Gasteiger partial charge in [-0.2, -0.15) is 0 Å². The fraction of sp³-hybridized carbons (Fsp3) is 0.407. The minimum atomic E-state index is 0.239. The van der Waals surface area contributed by atoms with E-state index >= 15 is 0 Å². The standard InChI is InChI=1S/C27H30Cl2N2/c28-25-12-6-4-10-23(25)27(24-11-5-7-13-26(24)29)31-21-14-15-22(31)17-19(16-21)18-30-20-8-2-1-3-9-20/h1-10,12-13,19,21-22,24,27,30H,11,14-18H2. The van der Waals surface area contributed by atoms with Crippen molar-refractivity contribution < 1.29 is 0 Å². The summed E-state index contributed by atoms with van der Waals surface area (Å²) < 4.78 is 0. The number of hydrogen-bond donors (Lipinski definition) is 1. The van der Waals surface area contributed by atoms with Crippen LogP contribution in [0, 0.1) is 11.8 Å². The summed E-state index contributed by atoms with van der Waals surface area (Å²) in [5.41, 5.74) is 2.45. The summed E-state index contributed by atoms with van der Waals surface area (Å²) in [5, 5.41) is 5.48. The lowest BCUT2D eigenvalue weighted by atomic mass is 9.82. The molecule has 0 saturated carbocycles. The van der Waals surface area contributed by atoms with E-state index in [1.165, 1.54) is 36.9 Å². The van der Waals surface area contributed by atoms with E-state index in [9.17, 15) is 0 Å². The van der Waals surface area contributed by atoms with Crippen molar-refractivity contribution >= 4 is 28.9 Å². The van der Waals surface area contributed by atoms with E-state index in [4.69, 9.17) is 23.2 Å². The second kappa shape index (κ2) is 9.40. The van der Waals surface area contributed by atoms with Crippen LogP contribution in [0.25, 0.3) is 0 Å². The van der Waals surface area contributed by atoms with Gasteiger partial charge >= 0.3 is 0 Å². The molecule has 2 aromatic carbocycles. The molecule has 0 spiro atoms. The van der Waals surface area contributed by atoms with E-state index < -0.39 is 0 Å². The van der Waals surface area contributed by atoms with Gasteiger partial charge in [-0.25, -0.2) is 0 Å². The molecule has 2 aliphatic heterocycles. The van der Waals surface area contributed by atoms with Crippen molar-refractivity contribution in [3.63, 3.8) is 0 Å². The summed E-state index contributed by atoms with van der Waals surface area (Å²) >= 11 is 13.5. The zero-order chi connectivity index (χ0) is 21.2. The molecule has 2 saturated heterocycles. The number of para-hydroxylation sites is 1. The number of nitrogens with one attached hydrogen (secondary N) is 1. The largest absolute Gasteiger partial charge is 0.385 e. The molecule has 2 fully saturated rings. The van der Waals surface area contributed by atoms with Crippen molar-refractivity contribution in [2.75, 3.05) is 11.9 Å². The lowest BCUT2D eigenvalue weighted by Crippen LogP contribution is -2.48. The monoisotopic (exact) mass is 452 g/mol. The molecule has 31 heavy (non-hydrogen) atoms. The zero-order valence-corrected chi connectivity index (χ0v) is 19.3. The van der Waals surface area contributed by atoms with Gasteiger partial charge in [0.15, 0.2) is 0 Å². The van der Waals surface area contributed by atoms with Crippen molar-refractivity contribution in [1.29, 1.82) is 0 Å². The number of piperidine rings is 1. The molecule has 0 amide bonds. The molecule has 2 heterocycles. The predicted molar refractivity (Wildman–Crippen MR) is 132 cm³/mol. The molecule has 2 nitrogen and oxygen atoms in total. The lowest BCUT2D eigenvalue weighted by molar-refractivity contribution is 0.0418. The summed E-state index contributed by atoms with van der Waals surface area (Å²) in [6.45, 7) is 1.05. The van der Waals surface area contributed by atoms with Crippen LogP contribution in [0.15, 0.2) is 77.9 Å². The Bertz CT molecular complexity index is 941. The van der Waals surface area contributed by atoms with E-state index in [0.29, 0.717) is 18.0 Å². The maximum Gasteiger partial charge on any atom is 0.0454 e. The van der Waals surface area contributed by atoms with Gasteiger partial charge in [-0.15, -0.1) is 0 Å². The van der Waals surface area contributed by atoms with Crippen LogP contribution in [0.4, 0.5) is 5.69 Å². The summed E-state index contributed by atoms with van der Waals surface area (Å²) in [6, 6.07) is 20.4. The number of benzene rings is 2. The Morgan fingerprint density at radius 1 is 0.935 bits per heavy atom. The number of anilines is 1. The number of rotatable bonds is 6. The van der Waals surface area contributed by atoms with Crippen molar-refractivity contribution in [2.45, 2.75) is 50.2 Å². The van der Waals surface area contributed by atoms with Crippen molar-refractivity contribution in [3.05, 3.63) is 88.4 Å². The molecule has 162 valence electrons. The van der Waals surface area contributed by atoms with Crippen molar-refractivity contribution in [2.24, 2.45) is 11.8 Å². The van der Waals surface area contributed by atoms with Gasteiger partial charge in [0.2, 0.25) is 0 Å². The third kappa shape index (κ3) is 4.44. The smallest absolute Gasteiger partial charge is 0.0454 e. The predicted octanol–water partition coefficient (Wildman–Crippen LogP) is 7.44. The number of hydrogen-bond acceptors (Lipinski definition) is 2. The summed E-state index contributed by atoms with van der Waals surface area (Å²) in [6.07, 6.45) is 12.4. The molecule has 3 aliphatic rings. The fourth-order valence-corrected chi connectivity index (χ4v) is 6.49. The van der Waals surface area contributed by atoms with Gasteiger partial charge in [0.25, 0.3) is 0 Å². The van der Waals surface area contributed by atoms with Crippen LogP contribution in [0.1, 0.15) is 43.7 Å². The topological polar surface area (TPSA) is 15.3 Å². The number of nitrogens with zero attached hydrogens (tertiary/aromatic N) is 1. The van der Waals surface area contributed by atoms with Crippen LogP contribution in [-0.4, -0.2) is 23.5 Å². The van der Waals surface area contributed by atoms with Crippen molar-refractivity contribution in [3.8, 4) is 0 Å². The molecule has 4 unspecified atom stereocenters. The molecule has 4 atom stereocenters. The Morgan fingerprint density at radius 3 is 2.35 bits per heavy atom. The van der Waals surface area contributed by atoms with Crippen LogP contribution in [0.5, 0.6) is 0 Å². The van der Waals surface area contributed by atoms with E-state index in [-0.39, 0.29) is 12.0 Å². The van der Waals surface area contributed by atoms with E-state index in [0.717, 1.165) is 23.0 Å². The normalized spacial score (nSPS) is 28.9. The molecule has 2 bridgehead atoms. The third-order valence-corrected chi connectivity index (χ3v) is 8.07. The second-order valence-electron chi connectivity index (χ2n) is 9.20. The highest BCUT2D eigenvalue weighted by Crippen LogP contribution is 2.50. The Hall–Kier alpha value is -1.74. The fourth-order valence-electron chi connectivity index (χ4n) is 5.97. The minimum absolute atomic E-state index is 0.239. The number of allylic oxidation sites excluding steroid dienone is 3. The van der Waals surface area contributed by atoms with Gasteiger partial charge in [-0.1, -0.05) is 71.8 Å². The maximum atomic E-state index is 6.79. The highest BCUT2D eigenvalue weighted by atomic mass is 35.5. The highest BCUT2D eigenvalue weighted by molar-refractivity contribution is 6.31. The first-order valence-electron chi connectivity index (χ1n) is 11.5. The lowest BCUT2D eigenvalue weighted by Gasteiger charge is -2.47. The Morgan fingerprint density at radius 2 is 1.65 bits per heavy atom. The molecular weight excluding hydrogens is 423 g/mol. The van der Waals surface area contributed by atoms with Crippen LogP contribution >= 0.6 is 23.2 Å². The van der Waals surface area contributed by atoms with Gasteiger partial charge in [0, 0.05) is 46.3 Å². The number of halogens is 2. The van der Waals surface area contributed by atoms with Crippen LogP contribution < -0.4 is 5.32 Å². The number of fused-ring (bicyclic) bond motifs is 2. The molecule has 0 radical (unpaired) electrons. The average molecular weight is 453 g/mol. The molecule has 1 N–H and O–H groups in total. The van der Waals surface area contributed by atoms with Gasteiger partial charge < -0.3 is 5.32 Å². The van der Waals surface area contributed by atoms with Crippen LogP contribution in [-0.2, 0) is 0 Å². The SMILES string of the molecule is ClC1=CC=CCC1C(c1ccccc1Cl)N1C2CCC1CC(CNc1ccccc1)C2. The summed E-state index contributed by atoms with van der Waals surface area (Å²) in [4.78, 5) is 2.79. The Kier molecular flexibility index (Phi) is 6.41. The van der Waals surface area contributed by atoms with Gasteiger partial charge in [0.05, 0.1) is 0 Å². The maximum absolute atomic E-state index is 6.79. The summed E-state index contributed by atoms with van der Waals surface area (Å²) in [7, 11) is 0. The first-order chi connectivity index (χ1) is 15.2. The zero-order valence-electron chi connectivity index (χ0n) is 17.8. The molecule has 0 aromatic heterocycles. The summed E-state index contributed by atoms with van der Waals surface area (Å²) in [5.74, 6) is 0.978. The van der Waals surface area contributed by atoms with Crippen LogP contribution in [0.2, 0.25) is 5.02 Å². The third-order valence-electron chi connectivity index (χ3n) is 7.32. The second-order valence-corrected chi connectivity index (χ2v) is 10.0. The Labute approximate surface area is 195 Å². The first kappa shape index (κ1) is 21.1. The van der Waals surface area contributed by atoms with Crippen LogP contribution in [0.3, 0.4) is 0 Å². The van der Waals surface area contributed by atoms with Gasteiger partial charge in [-0.3, -0.25) is 4.90 Å². The molecule has 5 rings (SSSR count). The Balaban J connectivity index is 1.37. The van der Waals surface area contributed by atoms with E-state index in [1.807, 2.05) is 12.1 Å². The van der Waals surface area contributed by atoms with Crippen molar-refractivity contribution in [1.82, 2.24) is 4.90 Å². The average Bonchev–Trinajstić information content (AvgIpc) is 3.04. The first-order valence-corrected chi connectivity index (χ1v) is 12.3. The molecular formula is C27H30Cl2N2. The van der Waals surface area contributed by atoms with E-state index in [2.05, 4.69) is 70.9 Å². The van der Waals surface area contributed by atoms with Gasteiger partial charge in [-0.05, 0) is 67.9 Å². The highest BCUT2D eigenvalue weighted by Gasteiger charge is 2.47. The van der Waals surface area contributed by atoms with E-state index in [1.54, 1.807) is 0 Å². The molecule has 2 aromatic rings.